The first-order valence-electron chi connectivity index (χ1n) is 6.11. The molecular weight excluding hydrogens is 250 g/mol. The van der Waals surface area contributed by atoms with Crippen molar-refractivity contribution in [3.8, 4) is 0 Å². The highest BCUT2D eigenvalue weighted by atomic mass is 16.6. The maximum Gasteiger partial charge on any atom is 0.311 e. The van der Waals surface area contributed by atoms with E-state index in [0.717, 1.165) is 19.0 Å². The van der Waals surface area contributed by atoms with Gasteiger partial charge in [-0.1, -0.05) is 12.8 Å². The van der Waals surface area contributed by atoms with Crippen LogP contribution in [0.1, 0.15) is 25.7 Å². The van der Waals surface area contributed by atoms with E-state index in [4.69, 9.17) is 0 Å². The smallest absolute Gasteiger partial charge is 0.311 e. The van der Waals surface area contributed by atoms with Crippen LogP contribution in [0.15, 0.2) is 18.3 Å². The number of nitro groups is 1. The first-order valence-corrected chi connectivity index (χ1v) is 6.11. The van der Waals surface area contributed by atoms with Crippen LogP contribution < -0.4 is 5.32 Å². The number of nitrogens with zero attached hydrogens (tertiary/aromatic N) is 2. The molecule has 1 aliphatic carbocycles. The molecule has 1 fully saturated rings. The van der Waals surface area contributed by atoms with Crippen molar-refractivity contribution in [3.63, 3.8) is 0 Å². The van der Waals surface area contributed by atoms with Crippen LogP contribution in [0.25, 0.3) is 0 Å². The minimum absolute atomic E-state index is 0.0839. The van der Waals surface area contributed by atoms with Gasteiger partial charge >= 0.3 is 5.97 Å². The lowest BCUT2D eigenvalue weighted by atomic mass is 9.86. The minimum atomic E-state index is -0.792. The van der Waals surface area contributed by atoms with Crippen LogP contribution in [-0.2, 0) is 4.79 Å². The number of carboxylic acids is 1. The van der Waals surface area contributed by atoms with Crippen LogP contribution in [0.4, 0.5) is 11.5 Å². The molecular formula is C12H15N3O4. The molecule has 0 atom stereocenters. The number of rotatable bonds is 5. The summed E-state index contributed by atoms with van der Waals surface area (Å²) in [5, 5.41) is 22.8. The first-order chi connectivity index (χ1) is 9.03. The molecule has 1 aromatic rings. The predicted octanol–water partition coefficient (Wildman–Crippen LogP) is 2.05. The Morgan fingerprint density at radius 1 is 1.47 bits per heavy atom. The summed E-state index contributed by atoms with van der Waals surface area (Å²) in [5.41, 5.74) is -0.817. The molecule has 0 spiro atoms. The van der Waals surface area contributed by atoms with Gasteiger partial charge in [0.2, 0.25) is 0 Å². The number of carboxylic acid groups (broad SMARTS) is 1. The van der Waals surface area contributed by atoms with E-state index in [1.165, 1.54) is 12.1 Å². The molecule has 0 bridgehead atoms. The molecule has 7 nitrogen and oxygen atoms in total. The summed E-state index contributed by atoms with van der Waals surface area (Å²) in [5.74, 6) is -0.336. The Kier molecular flexibility index (Phi) is 3.64. The van der Waals surface area contributed by atoms with Gasteiger partial charge in [-0.2, -0.15) is 0 Å². The Bertz CT molecular complexity index is 480. The average molecular weight is 265 g/mol. The highest BCUT2D eigenvalue weighted by molar-refractivity contribution is 5.75. The van der Waals surface area contributed by atoms with Crippen LogP contribution in [0, 0.1) is 15.5 Å². The summed E-state index contributed by atoms with van der Waals surface area (Å²) in [4.78, 5) is 25.2. The summed E-state index contributed by atoms with van der Waals surface area (Å²) in [7, 11) is 0. The molecule has 1 saturated carbocycles. The van der Waals surface area contributed by atoms with Gasteiger partial charge in [-0.3, -0.25) is 14.9 Å². The van der Waals surface area contributed by atoms with Gasteiger partial charge in [-0.15, -0.1) is 0 Å². The Hall–Kier alpha value is -2.18. The second-order valence-corrected chi connectivity index (χ2v) is 4.80. The molecule has 0 unspecified atom stereocenters. The van der Waals surface area contributed by atoms with E-state index >= 15 is 0 Å². The summed E-state index contributed by atoms with van der Waals surface area (Å²) < 4.78 is 0. The summed E-state index contributed by atoms with van der Waals surface area (Å²) >= 11 is 0. The third-order valence-electron chi connectivity index (χ3n) is 3.58. The highest BCUT2D eigenvalue weighted by Gasteiger charge is 2.41. The fourth-order valence-electron chi connectivity index (χ4n) is 2.38. The minimum Gasteiger partial charge on any atom is -0.481 e. The molecule has 1 aliphatic rings. The number of hydrogen-bond acceptors (Lipinski definition) is 5. The normalized spacial score (nSPS) is 17.1. The van der Waals surface area contributed by atoms with Crippen LogP contribution >= 0.6 is 0 Å². The van der Waals surface area contributed by atoms with Gasteiger partial charge in [0, 0.05) is 12.6 Å². The Balaban J connectivity index is 2.01. The molecule has 2 rings (SSSR count). The summed E-state index contributed by atoms with van der Waals surface area (Å²) in [6.45, 7) is 0.299. The van der Waals surface area contributed by atoms with Gasteiger partial charge in [0.1, 0.15) is 12.0 Å². The molecule has 2 N–H and O–H groups in total. The van der Waals surface area contributed by atoms with Crippen molar-refractivity contribution in [2.24, 2.45) is 5.41 Å². The van der Waals surface area contributed by atoms with Crippen molar-refractivity contribution in [1.29, 1.82) is 0 Å². The number of anilines is 1. The second-order valence-electron chi connectivity index (χ2n) is 4.80. The number of aromatic nitrogens is 1. The van der Waals surface area contributed by atoms with Gasteiger partial charge in [0.15, 0.2) is 0 Å². The van der Waals surface area contributed by atoms with Crippen molar-refractivity contribution in [2.75, 3.05) is 11.9 Å². The lowest BCUT2D eigenvalue weighted by Gasteiger charge is -2.24. The van der Waals surface area contributed by atoms with Crippen LogP contribution in [-0.4, -0.2) is 27.5 Å². The van der Waals surface area contributed by atoms with E-state index in [1.54, 1.807) is 0 Å². The van der Waals surface area contributed by atoms with E-state index in [9.17, 15) is 20.0 Å². The first kappa shape index (κ1) is 13.3. The van der Waals surface area contributed by atoms with E-state index in [0.29, 0.717) is 25.2 Å². The number of hydrogen-bond donors (Lipinski definition) is 2. The molecule has 0 saturated heterocycles. The Morgan fingerprint density at radius 3 is 2.63 bits per heavy atom. The zero-order valence-electron chi connectivity index (χ0n) is 10.3. The van der Waals surface area contributed by atoms with Gasteiger partial charge in [-0.05, 0) is 18.9 Å². The Morgan fingerprint density at radius 2 is 2.16 bits per heavy atom. The SMILES string of the molecule is O=C(O)C1(CNc2ccc([N+](=O)[O-])cn2)CCCC1. The molecule has 102 valence electrons. The zero-order chi connectivity index (χ0) is 13.9. The van der Waals surface area contributed by atoms with Crippen molar-refractivity contribution in [1.82, 2.24) is 4.98 Å². The van der Waals surface area contributed by atoms with Crippen LogP contribution in [0.2, 0.25) is 0 Å². The number of aliphatic carboxylic acids is 1. The zero-order valence-corrected chi connectivity index (χ0v) is 10.3. The molecule has 0 amide bonds. The van der Waals surface area contributed by atoms with Crippen molar-refractivity contribution in [2.45, 2.75) is 25.7 Å². The quantitative estimate of drug-likeness (QED) is 0.623. The average Bonchev–Trinajstić information content (AvgIpc) is 2.87. The maximum atomic E-state index is 11.3. The monoisotopic (exact) mass is 265 g/mol. The van der Waals surface area contributed by atoms with E-state index < -0.39 is 16.3 Å². The van der Waals surface area contributed by atoms with Gasteiger partial charge < -0.3 is 10.4 Å². The van der Waals surface area contributed by atoms with Crippen LogP contribution in [0.5, 0.6) is 0 Å². The lowest BCUT2D eigenvalue weighted by molar-refractivity contribution is -0.385. The van der Waals surface area contributed by atoms with Gasteiger partial charge in [-0.25, -0.2) is 4.98 Å². The maximum absolute atomic E-state index is 11.3. The number of nitrogens with one attached hydrogen (secondary N) is 1. The third kappa shape index (κ3) is 2.81. The van der Waals surface area contributed by atoms with Crippen molar-refractivity contribution in [3.05, 3.63) is 28.4 Å². The lowest BCUT2D eigenvalue weighted by Crippen LogP contribution is -2.35. The molecule has 1 heterocycles. The Labute approximate surface area is 109 Å². The molecule has 19 heavy (non-hydrogen) atoms. The predicted molar refractivity (Wildman–Crippen MR) is 67.9 cm³/mol. The van der Waals surface area contributed by atoms with Crippen molar-refractivity contribution < 1.29 is 14.8 Å². The van der Waals surface area contributed by atoms with Gasteiger partial charge in [0.05, 0.1) is 10.3 Å². The van der Waals surface area contributed by atoms with E-state index in [2.05, 4.69) is 10.3 Å². The second kappa shape index (κ2) is 5.21. The third-order valence-corrected chi connectivity index (χ3v) is 3.58. The topological polar surface area (TPSA) is 105 Å². The van der Waals surface area contributed by atoms with Gasteiger partial charge in [0.25, 0.3) is 5.69 Å². The number of carbonyl (C=O) groups is 1. The molecule has 7 heteroatoms. The largest absolute Gasteiger partial charge is 0.481 e. The van der Waals surface area contributed by atoms with Crippen LogP contribution in [0.3, 0.4) is 0 Å². The van der Waals surface area contributed by atoms with E-state index in [-0.39, 0.29) is 5.69 Å². The van der Waals surface area contributed by atoms with Crippen molar-refractivity contribution >= 4 is 17.5 Å². The summed E-state index contributed by atoms with van der Waals surface area (Å²) in [6.07, 6.45) is 4.30. The molecule has 0 radical (unpaired) electrons. The molecule has 0 aliphatic heterocycles. The van der Waals surface area contributed by atoms with E-state index in [1.807, 2.05) is 0 Å². The fourth-order valence-corrected chi connectivity index (χ4v) is 2.38. The fraction of sp³-hybridized carbons (Fsp3) is 0.500. The highest BCUT2D eigenvalue weighted by Crippen LogP contribution is 2.38. The standard InChI is InChI=1S/C12H15N3O4/c16-11(17)12(5-1-2-6-12)8-14-10-4-3-9(7-13-10)15(18)19/h3-4,7H,1-2,5-6,8H2,(H,13,14)(H,16,17). The summed E-state index contributed by atoms with van der Waals surface area (Å²) in [6, 6.07) is 2.83. The molecule has 0 aromatic carbocycles. The molecule has 1 aromatic heterocycles. The number of pyridine rings is 1.